The summed E-state index contributed by atoms with van der Waals surface area (Å²) in [5, 5.41) is 4.03. The average molecular weight is 233 g/mol. The third-order valence-corrected chi connectivity index (χ3v) is 2.64. The molecular formula is C12H15N3O2. The quantitative estimate of drug-likeness (QED) is 0.768. The highest BCUT2D eigenvalue weighted by Gasteiger charge is 2.14. The first-order valence-electron chi connectivity index (χ1n) is 5.62. The topological polar surface area (TPSA) is 80.6 Å². The lowest BCUT2D eigenvalue weighted by atomic mass is 9.92. The van der Waals surface area contributed by atoms with Crippen molar-refractivity contribution in [1.82, 2.24) is 5.43 Å². The Labute approximate surface area is 99.4 Å². The van der Waals surface area contributed by atoms with Gasteiger partial charge < -0.3 is 10.2 Å². The predicted octanol–water partition coefficient (Wildman–Crippen LogP) is 2.26. The van der Waals surface area contributed by atoms with E-state index < -0.39 is 6.03 Å². The van der Waals surface area contributed by atoms with E-state index in [2.05, 4.69) is 10.5 Å². The first kappa shape index (κ1) is 11.4. The highest BCUT2D eigenvalue weighted by molar-refractivity contribution is 6.04. The number of amides is 2. The normalized spacial score (nSPS) is 20.7. The van der Waals surface area contributed by atoms with Crippen molar-refractivity contribution in [1.29, 1.82) is 0 Å². The lowest BCUT2D eigenvalue weighted by molar-refractivity contribution is 0.249. The van der Waals surface area contributed by atoms with Crippen molar-refractivity contribution in [3.63, 3.8) is 0 Å². The van der Waals surface area contributed by atoms with Crippen molar-refractivity contribution in [2.24, 2.45) is 10.8 Å². The van der Waals surface area contributed by atoms with Gasteiger partial charge >= 0.3 is 6.03 Å². The van der Waals surface area contributed by atoms with Crippen LogP contribution in [0, 0.1) is 0 Å². The second-order valence-corrected chi connectivity index (χ2v) is 3.93. The molecule has 1 saturated carbocycles. The molecule has 1 aromatic rings. The van der Waals surface area contributed by atoms with Crippen LogP contribution in [0.4, 0.5) is 4.79 Å². The highest BCUT2D eigenvalue weighted by Crippen LogP contribution is 2.23. The van der Waals surface area contributed by atoms with Crippen LogP contribution in [0.3, 0.4) is 0 Å². The van der Waals surface area contributed by atoms with E-state index in [4.69, 9.17) is 10.2 Å². The van der Waals surface area contributed by atoms with Crippen LogP contribution >= 0.6 is 0 Å². The number of nitrogens with two attached hydrogens (primary N) is 1. The van der Waals surface area contributed by atoms with E-state index in [9.17, 15) is 4.79 Å². The van der Waals surface area contributed by atoms with Crippen LogP contribution < -0.4 is 11.2 Å². The van der Waals surface area contributed by atoms with E-state index in [-0.39, 0.29) is 0 Å². The largest absolute Gasteiger partial charge is 0.465 e. The van der Waals surface area contributed by atoms with Crippen LogP contribution in [0.2, 0.25) is 0 Å². The first-order chi connectivity index (χ1) is 8.25. The van der Waals surface area contributed by atoms with Gasteiger partial charge in [-0.25, -0.2) is 10.2 Å². The summed E-state index contributed by atoms with van der Waals surface area (Å²) in [7, 11) is 0. The van der Waals surface area contributed by atoms with Gasteiger partial charge in [0, 0.05) is 0 Å². The molecule has 5 nitrogen and oxygen atoms in total. The van der Waals surface area contributed by atoms with Crippen molar-refractivity contribution in [3.8, 4) is 0 Å². The highest BCUT2D eigenvalue weighted by atomic mass is 16.3. The van der Waals surface area contributed by atoms with E-state index >= 15 is 0 Å². The molecule has 0 radical (unpaired) electrons. The Morgan fingerprint density at radius 1 is 1.47 bits per heavy atom. The fraction of sp³-hybridized carbons (Fsp3) is 0.333. The van der Waals surface area contributed by atoms with E-state index in [1.807, 2.05) is 18.2 Å². The molecule has 1 fully saturated rings. The number of hydrogen-bond donors (Lipinski definition) is 2. The molecule has 1 aliphatic carbocycles. The van der Waals surface area contributed by atoms with Crippen molar-refractivity contribution < 1.29 is 9.21 Å². The molecule has 0 saturated heterocycles. The van der Waals surface area contributed by atoms with Crippen molar-refractivity contribution in [2.45, 2.75) is 25.7 Å². The minimum Gasteiger partial charge on any atom is -0.465 e. The Hall–Kier alpha value is -2.04. The number of allylic oxidation sites excluding steroid dienone is 1. The number of carbonyl (C=O) groups is 1. The summed E-state index contributed by atoms with van der Waals surface area (Å²) in [6.45, 7) is 0. The molecule has 17 heavy (non-hydrogen) atoms. The number of hydrogen-bond acceptors (Lipinski definition) is 3. The molecule has 0 aliphatic heterocycles. The number of carbonyl (C=O) groups excluding carboxylic acids is 1. The minimum absolute atomic E-state index is 0.638. The molecule has 0 aromatic carbocycles. The van der Waals surface area contributed by atoms with Gasteiger partial charge in [-0.05, 0) is 49.5 Å². The maximum Gasteiger partial charge on any atom is 0.332 e. The molecule has 0 unspecified atom stereocenters. The Kier molecular flexibility index (Phi) is 3.59. The molecule has 3 N–H and O–H groups in total. The Balaban J connectivity index is 2.17. The molecule has 2 rings (SSSR count). The molecule has 1 aliphatic rings. The number of rotatable bonds is 2. The monoisotopic (exact) mass is 233 g/mol. The molecule has 1 heterocycles. The lowest BCUT2D eigenvalue weighted by Crippen LogP contribution is -2.26. The molecule has 0 spiro atoms. The van der Waals surface area contributed by atoms with Gasteiger partial charge in [0.2, 0.25) is 0 Å². The van der Waals surface area contributed by atoms with E-state index in [1.165, 1.54) is 0 Å². The Bertz CT molecular complexity index is 446. The number of urea groups is 1. The van der Waals surface area contributed by atoms with Crippen LogP contribution in [0.25, 0.3) is 6.08 Å². The molecule has 2 amide bonds. The average Bonchev–Trinajstić information content (AvgIpc) is 2.80. The van der Waals surface area contributed by atoms with Crippen molar-refractivity contribution in [2.75, 3.05) is 0 Å². The molecule has 0 atom stereocenters. The number of nitrogens with zero attached hydrogens (tertiary/aromatic N) is 1. The first-order valence-corrected chi connectivity index (χ1v) is 5.62. The van der Waals surface area contributed by atoms with Crippen LogP contribution in [0.15, 0.2) is 33.5 Å². The molecule has 1 aromatic heterocycles. The zero-order valence-electron chi connectivity index (χ0n) is 9.48. The molecule has 5 heteroatoms. The van der Waals surface area contributed by atoms with Crippen molar-refractivity contribution >= 4 is 17.8 Å². The Morgan fingerprint density at radius 2 is 2.29 bits per heavy atom. The zero-order chi connectivity index (χ0) is 12.1. The fourth-order valence-electron chi connectivity index (χ4n) is 1.86. The maximum absolute atomic E-state index is 10.6. The van der Waals surface area contributed by atoms with Crippen molar-refractivity contribution in [3.05, 3.63) is 29.7 Å². The van der Waals surface area contributed by atoms with Gasteiger partial charge in [-0.3, -0.25) is 0 Å². The van der Waals surface area contributed by atoms with Gasteiger partial charge in [-0.2, -0.15) is 5.10 Å². The minimum atomic E-state index is -0.638. The van der Waals surface area contributed by atoms with Gasteiger partial charge in [0.15, 0.2) is 0 Å². The predicted molar refractivity (Wildman–Crippen MR) is 65.3 cm³/mol. The van der Waals surface area contributed by atoms with Gasteiger partial charge in [0.05, 0.1) is 12.0 Å². The molecule has 0 bridgehead atoms. The van der Waals surface area contributed by atoms with Gasteiger partial charge in [0.1, 0.15) is 5.76 Å². The summed E-state index contributed by atoms with van der Waals surface area (Å²) in [6, 6.07) is 3.09. The van der Waals surface area contributed by atoms with Crippen LogP contribution in [-0.2, 0) is 0 Å². The lowest BCUT2D eigenvalue weighted by Gasteiger charge is -2.16. The summed E-state index contributed by atoms with van der Waals surface area (Å²) >= 11 is 0. The van der Waals surface area contributed by atoms with Gasteiger partial charge in [-0.1, -0.05) is 0 Å². The maximum atomic E-state index is 10.6. The van der Waals surface area contributed by atoms with Gasteiger partial charge in [0.25, 0.3) is 0 Å². The van der Waals surface area contributed by atoms with E-state index in [0.29, 0.717) is 0 Å². The Morgan fingerprint density at radius 3 is 3.00 bits per heavy atom. The smallest absolute Gasteiger partial charge is 0.332 e. The van der Waals surface area contributed by atoms with Crippen LogP contribution in [0.1, 0.15) is 31.4 Å². The molecular weight excluding hydrogens is 218 g/mol. The second-order valence-electron chi connectivity index (χ2n) is 3.93. The van der Waals surface area contributed by atoms with Crippen LogP contribution in [-0.4, -0.2) is 11.7 Å². The SMILES string of the molecule is NC(=O)N/N=C1/CCCC/C1=C\c1ccco1. The third-order valence-electron chi connectivity index (χ3n) is 2.64. The summed E-state index contributed by atoms with van der Waals surface area (Å²) < 4.78 is 5.27. The zero-order valence-corrected chi connectivity index (χ0v) is 9.48. The number of nitrogens with one attached hydrogen (secondary N) is 1. The number of primary amides is 1. The summed E-state index contributed by atoms with van der Waals surface area (Å²) in [5.74, 6) is 0.800. The number of furan rings is 1. The van der Waals surface area contributed by atoms with E-state index in [1.54, 1.807) is 6.26 Å². The van der Waals surface area contributed by atoms with Gasteiger partial charge in [-0.15, -0.1) is 0 Å². The number of hydrazone groups is 1. The van der Waals surface area contributed by atoms with E-state index in [0.717, 1.165) is 42.7 Å². The summed E-state index contributed by atoms with van der Waals surface area (Å²) in [6.07, 6.45) is 7.60. The summed E-state index contributed by atoms with van der Waals surface area (Å²) in [4.78, 5) is 10.6. The summed E-state index contributed by atoms with van der Waals surface area (Å²) in [5.41, 5.74) is 9.25. The molecule has 90 valence electrons. The second kappa shape index (κ2) is 5.34. The standard InChI is InChI=1S/C12H15N3O2/c13-12(16)15-14-11-6-2-1-4-9(11)8-10-5-3-7-17-10/h3,5,7-8H,1-2,4,6H2,(H3,13,15,16)/b9-8+,14-11-. The third kappa shape index (κ3) is 3.21. The van der Waals surface area contributed by atoms with Crippen LogP contribution in [0.5, 0.6) is 0 Å². The fourth-order valence-corrected chi connectivity index (χ4v) is 1.86.